The molecule has 1 fully saturated rings. The van der Waals surface area contributed by atoms with Crippen LogP contribution in [-0.4, -0.2) is 60.2 Å². The fourth-order valence-corrected chi connectivity index (χ4v) is 1.53. The minimum Gasteiger partial charge on any atom is -0.395 e. The molecule has 1 aliphatic heterocycles. The predicted molar refractivity (Wildman–Crippen MR) is 44.9 cm³/mol. The van der Waals surface area contributed by atoms with Crippen LogP contribution >= 0.6 is 0 Å². The predicted octanol–water partition coefficient (Wildman–Crippen LogP) is -0.940. The summed E-state index contributed by atoms with van der Waals surface area (Å²) in [6.45, 7) is 4.67. The number of nitrogens with zero attached hydrogens (tertiary/aromatic N) is 1. The van der Waals surface area contributed by atoms with E-state index >= 15 is 0 Å². The highest BCUT2D eigenvalue weighted by atomic mass is 16.5. The summed E-state index contributed by atoms with van der Waals surface area (Å²) in [6, 6.07) is 0. The Morgan fingerprint density at radius 1 is 1.50 bits per heavy atom. The first-order valence-corrected chi connectivity index (χ1v) is 4.40. The van der Waals surface area contributed by atoms with Crippen molar-refractivity contribution in [3.63, 3.8) is 0 Å². The van der Waals surface area contributed by atoms with Gasteiger partial charge in [-0.2, -0.15) is 0 Å². The van der Waals surface area contributed by atoms with Gasteiger partial charge < -0.3 is 14.9 Å². The van der Waals surface area contributed by atoms with Gasteiger partial charge in [-0.3, -0.25) is 4.90 Å². The minimum absolute atomic E-state index is 0.0680. The molecule has 0 bridgehead atoms. The van der Waals surface area contributed by atoms with E-state index in [9.17, 15) is 5.11 Å². The lowest BCUT2D eigenvalue weighted by molar-refractivity contribution is -0.00246. The van der Waals surface area contributed by atoms with Gasteiger partial charge in [-0.15, -0.1) is 0 Å². The molecule has 12 heavy (non-hydrogen) atoms. The normalized spacial score (nSPS) is 31.2. The van der Waals surface area contributed by atoms with Crippen LogP contribution in [0.1, 0.15) is 6.92 Å². The lowest BCUT2D eigenvalue weighted by Crippen LogP contribution is -2.27. The lowest BCUT2D eigenvalue weighted by atomic mass is 10.3. The van der Waals surface area contributed by atoms with Crippen LogP contribution in [0.3, 0.4) is 0 Å². The number of likely N-dealkylation sites (tertiary alicyclic amines) is 1. The smallest absolute Gasteiger partial charge is 0.0972 e. The molecular formula is C8H17NO3. The zero-order valence-corrected chi connectivity index (χ0v) is 7.44. The van der Waals surface area contributed by atoms with E-state index in [0.717, 1.165) is 6.54 Å². The zero-order valence-electron chi connectivity index (χ0n) is 7.44. The number of hydrogen-bond acceptors (Lipinski definition) is 4. The molecule has 0 aromatic rings. The maximum Gasteiger partial charge on any atom is 0.0972 e. The molecule has 0 aromatic carbocycles. The summed E-state index contributed by atoms with van der Waals surface area (Å²) in [6.07, 6.45) is -0.460. The van der Waals surface area contributed by atoms with Crippen LogP contribution in [0.15, 0.2) is 0 Å². The van der Waals surface area contributed by atoms with E-state index in [1.807, 2.05) is 11.8 Å². The van der Waals surface area contributed by atoms with E-state index in [-0.39, 0.29) is 12.7 Å². The van der Waals surface area contributed by atoms with E-state index in [2.05, 4.69) is 0 Å². The van der Waals surface area contributed by atoms with Gasteiger partial charge in [-0.1, -0.05) is 0 Å². The van der Waals surface area contributed by atoms with Crippen LogP contribution in [0.4, 0.5) is 0 Å². The maximum absolute atomic E-state index is 9.47. The summed E-state index contributed by atoms with van der Waals surface area (Å²) >= 11 is 0. The lowest BCUT2D eigenvalue weighted by Gasteiger charge is -2.13. The molecule has 2 N–H and O–H groups in total. The molecule has 0 unspecified atom stereocenters. The Hall–Kier alpha value is -0.160. The van der Waals surface area contributed by atoms with Gasteiger partial charge in [0, 0.05) is 26.2 Å². The molecule has 0 aromatic heterocycles. The van der Waals surface area contributed by atoms with Crippen molar-refractivity contribution in [1.82, 2.24) is 4.90 Å². The van der Waals surface area contributed by atoms with Gasteiger partial charge in [-0.05, 0) is 6.92 Å². The van der Waals surface area contributed by atoms with Crippen LogP contribution in [0.5, 0.6) is 0 Å². The highest BCUT2D eigenvalue weighted by Gasteiger charge is 2.30. The van der Waals surface area contributed by atoms with Crippen LogP contribution < -0.4 is 0 Å². The Morgan fingerprint density at radius 2 is 2.25 bits per heavy atom. The fraction of sp³-hybridized carbons (Fsp3) is 1.00. The molecule has 1 saturated heterocycles. The second-order valence-electron chi connectivity index (χ2n) is 3.04. The van der Waals surface area contributed by atoms with Gasteiger partial charge in [0.05, 0.1) is 18.8 Å². The molecule has 0 spiro atoms. The Bertz CT molecular complexity index is 131. The van der Waals surface area contributed by atoms with E-state index in [1.165, 1.54) is 0 Å². The number of ether oxygens (including phenoxy) is 1. The molecule has 1 aliphatic rings. The third-order valence-electron chi connectivity index (χ3n) is 2.11. The van der Waals surface area contributed by atoms with Crippen molar-refractivity contribution in [2.24, 2.45) is 0 Å². The summed E-state index contributed by atoms with van der Waals surface area (Å²) in [5.41, 5.74) is 0. The molecular weight excluding hydrogens is 158 g/mol. The van der Waals surface area contributed by atoms with E-state index in [0.29, 0.717) is 19.7 Å². The monoisotopic (exact) mass is 175 g/mol. The van der Waals surface area contributed by atoms with Crippen LogP contribution in [-0.2, 0) is 4.74 Å². The van der Waals surface area contributed by atoms with Gasteiger partial charge >= 0.3 is 0 Å². The quantitative estimate of drug-likeness (QED) is 0.579. The topological polar surface area (TPSA) is 52.9 Å². The maximum atomic E-state index is 9.47. The van der Waals surface area contributed by atoms with Gasteiger partial charge in [0.25, 0.3) is 0 Å². The number of rotatable bonds is 4. The molecule has 1 rings (SSSR count). The van der Waals surface area contributed by atoms with Crippen LogP contribution in [0.2, 0.25) is 0 Å². The largest absolute Gasteiger partial charge is 0.395 e. The Labute approximate surface area is 72.7 Å². The van der Waals surface area contributed by atoms with Gasteiger partial charge in [0.1, 0.15) is 0 Å². The van der Waals surface area contributed by atoms with E-state index < -0.39 is 6.10 Å². The molecule has 0 saturated carbocycles. The van der Waals surface area contributed by atoms with Crippen molar-refractivity contribution in [3.05, 3.63) is 0 Å². The van der Waals surface area contributed by atoms with Gasteiger partial charge in [0.15, 0.2) is 0 Å². The van der Waals surface area contributed by atoms with Crippen molar-refractivity contribution >= 4 is 0 Å². The summed E-state index contributed by atoms with van der Waals surface area (Å²) in [5, 5.41) is 18.1. The Kier molecular flexibility index (Phi) is 3.94. The summed E-state index contributed by atoms with van der Waals surface area (Å²) in [7, 11) is 0. The fourth-order valence-electron chi connectivity index (χ4n) is 1.53. The van der Waals surface area contributed by atoms with Crippen molar-refractivity contribution in [1.29, 1.82) is 0 Å². The average Bonchev–Trinajstić information content (AvgIpc) is 2.34. The Morgan fingerprint density at radius 3 is 2.83 bits per heavy atom. The highest BCUT2D eigenvalue weighted by molar-refractivity contribution is 4.84. The summed E-state index contributed by atoms with van der Waals surface area (Å²) in [4.78, 5) is 2.00. The average molecular weight is 175 g/mol. The van der Waals surface area contributed by atoms with Gasteiger partial charge in [-0.25, -0.2) is 0 Å². The first-order valence-electron chi connectivity index (χ1n) is 4.40. The molecule has 0 amide bonds. The van der Waals surface area contributed by atoms with E-state index in [4.69, 9.17) is 9.84 Å². The highest BCUT2D eigenvalue weighted by Crippen LogP contribution is 2.12. The third kappa shape index (κ3) is 2.42. The number of hydrogen-bond donors (Lipinski definition) is 2. The second-order valence-corrected chi connectivity index (χ2v) is 3.04. The summed E-state index contributed by atoms with van der Waals surface area (Å²) < 4.78 is 5.32. The number of aliphatic hydroxyl groups excluding tert-OH is 2. The first-order chi connectivity index (χ1) is 5.77. The molecule has 4 nitrogen and oxygen atoms in total. The van der Waals surface area contributed by atoms with Gasteiger partial charge in [0.2, 0.25) is 0 Å². The molecule has 72 valence electrons. The first kappa shape index (κ1) is 9.92. The molecule has 1 heterocycles. The third-order valence-corrected chi connectivity index (χ3v) is 2.11. The SMILES string of the molecule is CCO[C@H]1CN(CCO)C[C@@H]1O. The number of aliphatic hydroxyl groups is 2. The van der Waals surface area contributed by atoms with Crippen molar-refractivity contribution in [3.8, 4) is 0 Å². The molecule has 2 atom stereocenters. The zero-order chi connectivity index (χ0) is 8.97. The van der Waals surface area contributed by atoms with Crippen molar-refractivity contribution in [2.75, 3.05) is 32.8 Å². The molecule has 0 aliphatic carbocycles. The second kappa shape index (κ2) is 4.77. The standard InChI is InChI=1S/C8H17NO3/c1-2-12-8-6-9(3-4-10)5-7(8)11/h7-8,10-11H,2-6H2,1H3/t7-,8-/m0/s1. The summed E-state index contributed by atoms with van der Waals surface area (Å²) in [5.74, 6) is 0. The van der Waals surface area contributed by atoms with E-state index in [1.54, 1.807) is 0 Å². The Balaban J connectivity index is 2.29. The van der Waals surface area contributed by atoms with Crippen LogP contribution in [0.25, 0.3) is 0 Å². The molecule has 4 heteroatoms. The number of β-amino-alcohol motifs (C(OH)–C–C–N with tert-alkyl or cyclic N) is 2. The van der Waals surface area contributed by atoms with Crippen molar-refractivity contribution in [2.45, 2.75) is 19.1 Å². The van der Waals surface area contributed by atoms with Crippen molar-refractivity contribution < 1.29 is 14.9 Å². The van der Waals surface area contributed by atoms with Crippen LogP contribution in [0, 0.1) is 0 Å². The minimum atomic E-state index is -0.392. The molecule has 0 radical (unpaired) electrons.